The predicted molar refractivity (Wildman–Crippen MR) is 120 cm³/mol. The van der Waals surface area contributed by atoms with Gasteiger partial charge in [0.1, 0.15) is 5.75 Å². The zero-order valence-electron chi connectivity index (χ0n) is 17.7. The summed E-state index contributed by atoms with van der Waals surface area (Å²) in [4.78, 5) is 14.4. The number of halogens is 4. The monoisotopic (exact) mass is 478 g/mol. The molecule has 5 rings (SSSR count). The van der Waals surface area contributed by atoms with Crippen molar-refractivity contribution in [2.24, 2.45) is 0 Å². The van der Waals surface area contributed by atoms with E-state index in [2.05, 4.69) is 10.3 Å². The van der Waals surface area contributed by atoms with E-state index in [0.29, 0.717) is 51.3 Å². The highest BCUT2D eigenvalue weighted by atomic mass is 35.5. The Kier molecular flexibility index (Phi) is 4.95. The molecule has 1 heterocycles. The van der Waals surface area contributed by atoms with Gasteiger partial charge in [-0.05, 0) is 49.1 Å². The SMILES string of the molecule is COc1c(Cl)ccc2c1C1(CCC1)CC(O)(C(F)(F)F)C2Nc1cccc2[nH]c(=O)ccc12. The number of hydrogen-bond donors (Lipinski definition) is 3. The van der Waals surface area contributed by atoms with E-state index in [-0.39, 0.29) is 5.56 Å². The number of aromatic nitrogens is 1. The molecular weight excluding hydrogens is 457 g/mol. The molecule has 9 heteroatoms. The number of rotatable bonds is 3. The Labute approximate surface area is 192 Å². The molecule has 2 unspecified atom stereocenters. The summed E-state index contributed by atoms with van der Waals surface area (Å²) >= 11 is 6.37. The molecule has 1 spiro atoms. The molecule has 3 aromatic rings. The van der Waals surface area contributed by atoms with E-state index in [0.717, 1.165) is 6.42 Å². The van der Waals surface area contributed by atoms with Crippen LogP contribution in [0.3, 0.4) is 0 Å². The summed E-state index contributed by atoms with van der Waals surface area (Å²) in [6, 6.07) is 9.31. The average Bonchev–Trinajstić information content (AvgIpc) is 2.73. The van der Waals surface area contributed by atoms with Crippen LogP contribution < -0.4 is 15.6 Å². The second kappa shape index (κ2) is 7.40. The van der Waals surface area contributed by atoms with E-state index >= 15 is 0 Å². The molecule has 0 radical (unpaired) electrons. The van der Waals surface area contributed by atoms with Gasteiger partial charge in [0.05, 0.1) is 23.7 Å². The van der Waals surface area contributed by atoms with E-state index in [1.807, 2.05) is 0 Å². The van der Waals surface area contributed by atoms with E-state index < -0.39 is 29.7 Å². The Balaban J connectivity index is 1.74. The smallest absolute Gasteiger partial charge is 0.419 e. The van der Waals surface area contributed by atoms with Crippen molar-refractivity contribution in [3.63, 3.8) is 0 Å². The third kappa shape index (κ3) is 3.22. The molecule has 2 aliphatic carbocycles. The number of aromatic amines is 1. The van der Waals surface area contributed by atoms with Gasteiger partial charge in [0.15, 0.2) is 5.60 Å². The zero-order chi connectivity index (χ0) is 23.6. The van der Waals surface area contributed by atoms with E-state index in [4.69, 9.17) is 16.3 Å². The number of benzene rings is 2. The van der Waals surface area contributed by atoms with Crippen molar-refractivity contribution in [1.29, 1.82) is 0 Å². The first kappa shape index (κ1) is 22.1. The van der Waals surface area contributed by atoms with Crippen LogP contribution in [0.1, 0.15) is 42.9 Å². The Morgan fingerprint density at radius 3 is 2.58 bits per heavy atom. The maximum absolute atomic E-state index is 14.5. The maximum atomic E-state index is 14.5. The fourth-order valence-corrected chi connectivity index (χ4v) is 5.72. The number of methoxy groups -OCH3 is 1. The maximum Gasteiger partial charge on any atom is 0.419 e. The van der Waals surface area contributed by atoms with E-state index in [1.165, 1.54) is 19.2 Å². The molecule has 0 aliphatic heterocycles. The second-order valence-corrected chi connectivity index (χ2v) is 9.35. The topological polar surface area (TPSA) is 74.3 Å². The first-order valence-electron chi connectivity index (χ1n) is 10.6. The van der Waals surface area contributed by atoms with Gasteiger partial charge >= 0.3 is 6.18 Å². The van der Waals surface area contributed by atoms with Crippen LogP contribution in [0.4, 0.5) is 18.9 Å². The van der Waals surface area contributed by atoms with Gasteiger partial charge in [0, 0.05) is 28.1 Å². The van der Waals surface area contributed by atoms with Crippen molar-refractivity contribution >= 4 is 28.2 Å². The van der Waals surface area contributed by atoms with Gasteiger partial charge in [-0.2, -0.15) is 13.2 Å². The van der Waals surface area contributed by atoms with Crippen molar-refractivity contribution in [2.45, 2.75) is 48.9 Å². The lowest BCUT2D eigenvalue weighted by molar-refractivity contribution is -0.279. The number of fused-ring (bicyclic) bond motifs is 3. The Morgan fingerprint density at radius 2 is 1.94 bits per heavy atom. The molecule has 5 nitrogen and oxygen atoms in total. The largest absolute Gasteiger partial charge is 0.495 e. The summed E-state index contributed by atoms with van der Waals surface area (Å²) in [7, 11) is 1.45. The number of pyridine rings is 1. The lowest BCUT2D eigenvalue weighted by Crippen LogP contribution is -2.61. The minimum absolute atomic E-state index is 0.309. The molecule has 174 valence electrons. The van der Waals surface area contributed by atoms with Crippen molar-refractivity contribution in [2.75, 3.05) is 12.4 Å². The van der Waals surface area contributed by atoms with Gasteiger partial charge in [-0.3, -0.25) is 4.79 Å². The van der Waals surface area contributed by atoms with Crippen LogP contribution in [0.2, 0.25) is 5.02 Å². The van der Waals surface area contributed by atoms with Gasteiger partial charge < -0.3 is 20.1 Å². The van der Waals surface area contributed by atoms with E-state index in [9.17, 15) is 23.1 Å². The molecular formula is C24H22ClF3N2O3. The van der Waals surface area contributed by atoms with Gasteiger partial charge in [-0.1, -0.05) is 30.2 Å². The highest BCUT2D eigenvalue weighted by Crippen LogP contribution is 2.63. The van der Waals surface area contributed by atoms with E-state index in [1.54, 1.807) is 30.3 Å². The third-order valence-electron chi connectivity index (χ3n) is 7.14. The van der Waals surface area contributed by atoms with Gasteiger partial charge in [-0.15, -0.1) is 0 Å². The highest BCUT2D eigenvalue weighted by molar-refractivity contribution is 6.32. The summed E-state index contributed by atoms with van der Waals surface area (Å²) in [6.45, 7) is 0. The highest BCUT2D eigenvalue weighted by Gasteiger charge is 2.67. The predicted octanol–water partition coefficient (Wildman–Crippen LogP) is 5.46. The van der Waals surface area contributed by atoms with Gasteiger partial charge in [0.25, 0.3) is 0 Å². The summed E-state index contributed by atoms with van der Waals surface area (Å²) in [6.07, 6.45) is -3.60. The lowest BCUT2D eigenvalue weighted by Gasteiger charge is -2.55. The van der Waals surface area contributed by atoms with Crippen LogP contribution in [0, 0.1) is 0 Å². The average molecular weight is 479 g/mol. The summed E-state index contributed by atoms with van der Waals surface area (Å²) in [5.74, 6) is 0.354. The Hall–Kier alpha value is -2.71. The fraction of sp³-hybridized carbons (Fsp3) is 0.375. The third-order valence-corrected chi connectivity index (χ3v) is 7.44. The first-order valence-corrected chi connectivity index (χ1v) is 11.0. The van der Waals surface area contributed by atoms with Gasteiger partial charge in [0.2, 0.25) is 5.56 Å². The lowest BCUT2D eigenvalue weighted by atomic mass is 9.53. The minimum atomic E-state index is -4.89. The van der Waals surface area contributed by atoms with Gasteiger partial charge in [-0.25, -0.2) is 0 Å². The number of alkyl halides is 3. The molecule has 2 aromatic carbocycles. The van der Waals surface area contributed by atoms with Crippen molar-refractivity contribution in [3.05, 3.63) is 69.0 Å². The van der Waals surface area contributed by atoms with Crippen LogP contribution in [-0.4, -0.2) is 29.0 Å². The van der Waals surface area contributed by atoms with Crippen LogP contribution in [0.5, 0.6) is 5.75 Å². The molecule has 2 aliphatic rings. The number of hydrogen-bond acceptors (Lipinski definition) is 4. The molecule has 1 aromatic heterocycles. The molecule has 1 saturated carbocycles. The number of aliphatic hydroxyl groups is 1. The summed E-state index contributed by atoms with van der Waals surface area (Å²) < 4.78 is 49.1. The normalized spacial score (nSPS) is 23.8. The van der Waals surface area contributed by atoms with Crippen molar-refractivity contribution in [1.82, 2.24) is 4.98 Å². The minimum Gasteiger partial charge on any atom is -0.495 e. The molecule has 2 atom stereocenters. The van der Waals surface area contributed by atoms with Crippen LogP contribution in [0.15, 0.2) is 47.3 Å². The first-order chi connectivity index (χ1) is 15.6. The zero-order valence-corrected chi connectivity index (χ0v) is 18.5. The number of nitrogens with one attached hydrogen (secondary N) is 2. The molecule has 33 heavy (non-hydrogen) atoms. The van der Waals surface area contributed by atoms with Crippen LogP contribution >= 0.6 is 11.6 Å². The van der Waals surface area contributed by atoms with Crippen molar-refractivity contribution in [3.8, 4) is 5.75 Å². The second-order valence-electron chi connectivity index (χ2n) is 8.94. The number of anilines is 1. The van der Waals surface area contributed by atoms with Crippen LogP contribution in [-0.2, 0) is 5.41 Å². The molecule has 1 fully saturated rings. The molecule has 0 saturated heterocycles. The Bertz CT molecular complexity index is 1300. The molecule has 0 bridgehead atoms. The van der Waals surface area contributed by atoms with Crippen molar-refractivity contribution < 1.29 is 23.0 Å². The summed E-state index contributed by atoms with van der Waals surface area (Å²) in [5, 5.41) is 15.1. The quantitative estimate of drug-likeness (QED) is 0.467. The number of ether oxygens (including phenoxy) is 1. The molecule has 3 N–H and O–H groups in total. The standard InChI is InChI=1S/C24H22ClF3N2O3/c1-33-20-15(25)8-6-14-19(20)22(10-3-11-22)12-23(32,24(26,27)28)21(14)30-17-5-2-4-16-13(17)7-9-18(31)29-16/h2,4-9,21,30,32H,3,10-12H2,1H3,(H,29,31). The molecule has 0 amide bonds. The fourth-order valence-electron chi connectivity index (χ4n) is 5.48. The summed E-state index contributed by atoms with van der Waals surface area (Å²) in [5.41, 5.74) is -2.43. The number of H-pyrrole nitrogens is 1. The van der Waals surface area contributed by atoms with Crippen LogP contribution in [0.25, 0.3) is 10.9 Å². The Morgan fingerprint density at radius 1 is 1.18 bits per heavy atom.